The predicted molar refractivity (Wildman–Crippen MR) is 120 cm³/mol. The van der Waals surface area contributed by atoms with Gasteiger partial charge in [0.2, 0.25) is 0 Å². The number of H-pyrrole nitrogens is 1. The summed E-state index contributed by atoms with van der Waals surface area (Å²) in [7, 11) is 0. The van der Waals surface area contributed by atoms with Gasteiger partial charge in [0.1, 0.15) is 11.3 Å². The van der Waals surface area contributed by atoms with Crippen LogP contribution >= 0.6 is 0 Å². The van der Waals surface area contributed by atoms with Crippen molar-refractivity contribution in [1.29, 1.82) is 0 Å². The Morgan fingerprint density at radius 3 is 2.48 bits per heavy atom. The third kappa shape index (κ3) is 4.30. The Labute approximate surface area is 179 Å². The number of nitrogens with one attached hydrogen (secondary N) is 2. The van der Waals surface area contributed by atoms with Gasteiger partial charge >= 0.3 is 0 Å². The first kappa shape index (κ1) is 20.3. The van der Waals surface area contributed by atoms with Crippen molar-refractivity contribution in [2.45, 2.75) is 26.2 Å². The molecular weight excluding hydrogens is 392 g/mol. The molecule has 0 aliphatic rings. The van der Waals surface area contributed by atoms with E-state index in [-0.39, 0.29) is 16.9 Å². The molecule has 4 rings (SSSR count). The number of nitrogens with zero attached hydrogens (tertiary/aromatic N) is 2. The lowest BCUT2D eigenvalue weighted by atomic mass is 9.85. The van der Waals surface area contributed by atoms with Crippen LogP contribution in [0.25, 0.3) is 11.2 Å². The molecule has 31 heavy (non-hydrogen) atoms. The van der Waals surface area contributed by atoms with Gasteiger partial charge in [-0.25, -0.2) is 9.97 Å². The number of amides is 1. The van der Waals surface area contributed by atoms with Gasteiger partial charge in [0.15, 0.2) is 11.4 Å². The fraction of sp³-hybridized carbons (Fsp3) is 0.167. The number of fused-ring (bicyclic) bond motifs is 1. The predicted octanol–water partition coefficient (Wildman–Crippen LogP) is 4.66. The van der Waals surface area contributed by atoms with Crippen LogP contribution in [0.5, 0.6) is 11.5 Å². The molecule has 0 saturated carbocycles. The Morgan fingerprint density at radius 2 is 1.74 bits per heavy atom. The molecule has 2 heterocycles. The lowest BCUT2D eigenvalue weighted by molar-refractivity contribution is 0.102. The molecule has 0 fully saturated rings. The number of pyridine rings is 1. The average Bonchev–Trinajstić information content (AvgIpc) is 2.73. The molecule has 0 spiro atoms. The Balaban J connectivity index is 1.76. The summed E-state index contributed by atoms with van der Waals surface area (Å²) in [6.07, 6.45) is 2.74. The summed E-state index contributed by atoms with van der Waals surface area (Å²) in [4.78, 5) is 35.3. The SMILES string of the molecule is CC(C)(C)c1c(NC(=O)c2ccccc2)cccc1Oc1ccnc2[nH]c(=O)cnc12. The van der Waals surface area contributed by atoms with Crippen LogP contribution in [-0.2, 0) is 5.41 Å². The van der Waals surface area contributed by atoms with E-state index in [2.05, 4.69) is 20.3 Å². The van der Waals surface area contributed by atoms with Crippen LogP contribution in [0.3, 0.4) is 0 Å². The number of carbonyl (C=O) groups excluding carboxylic acids is 1. The zero-order chi connectivity index (χ0) is 22.0. The molecule has 2 N–H and O–H groups in total. The molecule has 0 unspecified atom stereocenters. The molecule has 2 aromatic heterocycles. The van der Waals surface area contributed by atoms with E-state index in [9.17, 15) is 9.59 Å². The molecule has 0 bridgehead atoms. The molecule has 0 atom stereocenters. The second-order valence-corrected chi connectivity index (χ2v) is 8.10. The van der Waals surface area contributed by atoms with Gasteiger partial charge in [-0.1, -0.05) is 45.0 Å². The van der Waals surface area contributed by atoms with E-state index in [0.29, 0.717) is 33.9 Å². The Kier molecular flexibility index (Phi) is 5.25. The van der Waals surface area contributed by atoms with Gasteiger partial charge in [0, 0.05) is 29.1 Å². The molecule has 0 aliphatic carbocycles. The number of anilines is 1. The van der Waals surface area contributed by atoms with Crippen molar-refractivity contribution < 1.29 is 9.53 Å². The normalized spacial score (nSPS) is 11.3. The fourth-order valence-electron chi connectivity index (χ4n) is 3.40. The highest BCUT2D eigenvalue weighted by Crippen LogP contribution is 2.40. The van der Waals surface area contributed by atoms with Gasteiger partial charge in [-0.05, 0) is 29.7 Å². The summed E-state index contributed by atoms with van der Waals surface area (Å²) in [5.41, 5.74) is 2.20. The van der Waals surface area contributed by atoms with Crippen LogP contribution in [0.1, 0.15) is 36.7 Å². The minimum Gasteiger partial charge on any atom is -0.455 e. The standard InChI is InChI=1S/C24H22N4O3/c1-24(2,3)20-16(27-23(30)15-8-5-4-6-9-15)10-7-11-17(20)31-18-12-13-25-22-21(18)26-14-19(29)28-22/h4-14H,1-3H3,(H,27,30)(H,25,28,29). The molecule has 4 aromatic rings. The number of carbonyl (C=O) groups is 1. The van der Waals surface area contributed by atoms with Gasteiger partial charge in [-0.2, -0.15) is 0 Å². The first-order chi connectivity index (χ1) is 14.8. The molecular formula is C24H22N4O3. The van der Waals surface area contributed by atoms with Crippen molar-refractivity contribution in [2.75, 3.05) is 5.32 Å². The molecule has 0 aliphatic heterocycles. The average molecular weight is 414 g/mol. The first-order valence-corrected chi connectivity index (χ1v) is 9.85. The Bertz CT molecular complexity index is 1310. The summed E-state index contributed by atoms with van der Waals surface area (Å²) < 4.78 is 6.24. The lowest BCUT2D eigenvalue weighted by Gasteiger charge is -2.26. The largest absolute Gasteiger partial charge is 0.455 e. The van der Waals surface area contributed by atoms with E-state index in [1.807, 2.05) is 57.2 Å². The van der Waals surface area contributed by atoms with Gasteiger partial charge in [0.25, 0.3) is 11.5 Å². The van der Waals surface area contributed by atoms with Crippen molar-refractivity contribution in [1.82, 2.24) is 15.0 Å². The number of aromatic nitrogens is 3. The zero-order valence-corrected chi connectivity index (χ0v) is 17.5. The Morgan fingerprint density at radius 1 is 0.968 bits per heavy atom. The number of benzene rings is 2. The quantitative estimate of drug-likeness (QED) is 0.506. The monoisotopic (exact) mass is 414 g/mol. The van der Waals surface area contributed by atoms with E-state index >= 15 is 0 Å². The van der Waals surface area contributed by atoms with Crippen LogP contribution in [0.4, 0.5) is 5.69 Å². The number of ether oxygens (including phenoxy) is 1. The van der Waals surface area contributed by atoms with Crippen molar-refractivity contribution in [3.05, 3.63) is 88.5 Å². The van der Waals surface area contributed by atoms with Crippen molar-refractivity contribution in [3.63, 3.8) is 0 Å². The molecule has 2 aromatic carbocycles. The minimum atomic E-state index is -0.335. The van der Waals surface area contributed by atoms with Crippen molar-refractivity contribution in [2.24, 2.45) is 0 Å². The topological polar surface area (TPSA) is 97.0 Å². The summed E-state index contributed by atoms with van der Waals surface area (Å²) >= 11 is 0. The first-order valence-electron chi connectivity index (χ1n) is 9.85. The molecule has 1 amide bonds. The van der Waals surface area contributed by atoms with E-state index < -0.39 is 0 Å². The van der Waals surface area contributed by atoms with Gasteiger partial charge in [0.05, 0.1) is 6.20 Å². The van der Waals surface area contributed by atoms with Gasteiger partial charge in [-0.3, -0.25) is 9.59 Å². The molecule has 7 nitrogen and oxygen atoms in total. The number of hydrogen-bond acceptors (Lipinski definition) is 5. The molecule has 156 valence electrons. The van der Waals surface area contributed by atoms with Crippen LogP contribution in [0.2, 0.25) is 0 Å². The molecule has 0 radical (unpaired) electrons. The van der Waals surface area contributed by atoms with Crippen LogP contribution < -0.4 is 15.6 Å². The highest BCUT2D eigenvalue weighted by molar-refractivity contribution is 6.04. The third-order valence-electron chi connectivity index (χ3n) is 4.72. The zero-order valence-electron chi connectivity index (χ0n) is 17.5. The van der Waals surface area contributed by atoms with Crippen LogP contribution in [-0.4, -0.2) is 20.9 Å². The second kappa shape index (κ2) is 8.02. The third-order valence-corrected chi connectivity index (χ3v) is 4.72. The lowest BCUT2D eigenvalue weighted by Crippen LogP contribution is -2.19. The summed E-state index contributed by atoms with van der Waals surface area (Å²) in [5.74, 6) is 0.842. The van der Waals surface area contributed by atoms with E-state index in [1.54, 1.807) is 24.4 Å². The maximum absolute atomic E-state index is 12.8. The highest BCUT2D eigenvalue weighted by atomic mass is 16.5. The smallest absolute Gasteiger partial charge is 0.268 e. The van der Waals surface area contributed by atoms with Crippen LogP contribution in [0, 0.1) is 0 Å². The van der Waals surface area contributed by atoms with Crippen molar-refractivity contribution in [3.8, 4) is 11.5 Å². The van der Waals surface area contributed by atoms with E-state index in [0.717, 1.165) is 5.56 Å². The van der Waals surface area contributed by atoms with E-state index in [4.69, 9.17) is 4.74 Å². The van der Waals surface area contributed by atoms with Crippen molar-refractivity contribution >= 4 is 22.8 Å². The maximum atomic E-state index is 12.8. The van der Waals surface area contributed by atoms with Gasteiger partial charge in [-0.15, -0.1) is 0 Å². The number of aromatic amines is 1. The molecule has 7 heteroatoms. The maximum Gasteiger partial charge on any atom is 0.268 e. The van der Waals surface area contributed by atoms with E-state index in [1.165, 1.54) is 6.20 Å². The highest BCUT2D eigenvalue weighted by Gasteiger charge is 2.25. The summed E-state index contributed by atoms with van der Waals surface area (Å²) in [6, 6.07) is 16.3. The number of hydrogen-bond donors (Lipinski definition) is 2. The molecule has 0 saturated heterocycles. The fourth-order valence-corrected chi connectivity index (χ4v) is 3.40. The summed E-state index contributed by atoms with van der Waals surface area (Å²) in [6.45, 7) is 6.15. The van der Waals surface area contributed by atoms with Gasteiger partial charge < -0.3 is 15.0 Å². The van der Waals surface area contributed by atoms with Crippen LogP contribution in [0.15, 0.2) is 71.8 Å². The number of rotatable bonds is 4. The minimum absolute atomic E-state index is 0.197. The second-order valence-electron chi connectivity index (χ2n) is 8.10. The Hall–Kier alpha value is -4.00. The summed E-state index contributed by atoms with van der Waals surface area (Å²) in [5, 5.41) is 3.01.